The lowest BCUT2D eigenvalue weighted by Crippen LogP contribution is -2.41. The van der Waals surface area contributed by atoms with Gasteiger partial charge in [0.05, 0.1) is 26.3 Å². The van der Waals surface area contributed by atoms with Crippen molar-refractivity contribution in [3.8, 4) is 0 Å². The van der Waals surface area contributed by atoms with Crippen molar-refractivity contribution in [2.45, 2.75) is 17.9 Å². The molecule has 1 unspecified atom stereocenters. The zero-order valence-corrected chi connectivity index (χ0v) is 16.5. The molecule has 0 fully saturated rings. The molecule has 26 heavy (non-hydrogen) atoms. The molecule has 2 N–H and O–H groups in total. The molecule has 1 amide bonds. The average Bonchev–Trinajstić information content (AvgIpc) is 2.96. The van der Waals surface area contributed by atoms with E-state index in [9.17, 15) is 13.2 Å². The number of thiazole rings is 1. The van der Waals surface area contributed by atoms with Crippen LogP contribution < -0.4 is 10.0 Å². The van der Waals surface area contributed by atoms with E-state index in [1.54, 1.807) is 0 Å². The number of benzene rings is 2. The monoisotopic (exact) mass is 429 g/mol. The van der Waals surface area contributed by atoms with E-state index in [4.69, 9.17) is 23.2 Å². The van der Waals surface area contributed by atoms with Gasteiger partial charge in [0.25, 0.3) is 0 Å². The maximum atomic E-state index is 12.5. The van der Waals surface area contributed by atoms with Gasteiger partial charge in [-0.15, -0.1) is 0 Å². The summed E-state index contributed by atoms with van der Waals surface area (Å²) in [5.74, 6) is -0.546. The Hall–Kier alpha value is -1.71. The molecule has 0 aliphatic carbocycles. The Morgan fingerprint density at radius 3 is 2.42 bits per heavy atom. The quantitative estimate of drug-likeness (QED) is 0.643. The number of sulfonamides is 1. The lowest BCUT2D eigenvalue weighted by Gasteiger charge is -2.15. The highest BCUT2D eigenvalue weighted by atomic mass is 35.5. The van der Waals surface area contributed by atoms with E-state index < -0.39 is 22.0 Å². The predicted molar refractivity (Wildman–Crippen MR) is 104 cm³/mol. The largest absolute Gasteiger partial charge is 0.301 e. The predicted octanol–water partition coefficient (Wildman–Crippen LogP) is 3.91. The molecule has 3 aromatic rings. The van der Waals surface area contributed by atoms with Crippen LogP contribution in [-0.4, -0.2) is 25.4 Å². The third kappa shape index (κ3) is 3.99. The van der Waals surface area contributed by atoms with Crippen LogP contribution in [0.5, 0.6) is 0 Å². The van der Waals surface area contributed by atoms with E-state index >= 15 is 0 Å². The van der Waals surface area contributed by atoms with Crippen molar-refractivity contribution >= 4 is 65.8 Å². The Bertz CT molecular complexity index is 1030. The number of hydrogen-bond acceptors (Lipinski definition) is 5. The molecule has 0 aliphatic rings. The summed E-state index contributed by atoms with van der Waals surface area (Å²) >= 11 is 13.2. The van der Waals surface area contributed by atoms with Crippen molar-refractivity contribution in [2.75, 3.05) is 5.32 Å². The van der Waals surface area contributed by atoms with Gasteiger partial charge in [-0.1, -0.05) is 52.7 Å². The lowest BCUT2D eigenvalue weighted by molar-refractivity contribution is -0.117. The van der Waals surface area contributed by atoms with Crippen molar-refractivity contribution in [3.05, 3.63) is 52.5 Å². The van der Waals surface area contributed by atoms with E-state index in [0.717, 1.165) is 10.2 Å². The van der Waals surface area contributed by atoms with Gasteiger partial charge in [0.15, 0.2) is 5.13 Å². The minimum atomic E-state index is -4.07. The number of amides is 1. The summed E-state index contributed by atoms with van der Waals surface area (Å²) in [6.45, 7) is 1.42. The minimum absolute atomic E-state index is 0.0243. The molecule has 10 heteroatoms. The minimum Gasteiger partial charge on any atom is -0.301 e. The van der Waals surface area contributed by atoms with E-state index in [2.05, 4.69) is 15.0 Å². The summed E-state index contributed by atoms with van der Waals surface area (Å²) in [6, 6.07) is 10.7. The molecule has 6 nitrogen and oxygen atoms in total. The first-order valence-electron chi connectivity index (χ1n) is 7.41. The molecule has 0 radical (unpaired) electrons. The van der Waals surface area contributed by atoms with Crippen LogP contribution in [0.15, 0.2) is 47.4 Å². The number of halogens is 2. The Morgan fingerprint density at radius 2 is 1.77 bits per heavy atom. The van der Waals surface area contributed by atoms with Gasteiger partial charge in [0, 0.05) is 0 Å². The van der Waals surface area contributed by atoms with Crippen molar-refractivity contribution in [1.82, 2.24) is 9.71 Å². The lowest BCUT2D eigenvalue weighted by atomic mass is 10.3. The van der Waals surface area contributed by atoms with Crippen LogP contribution in [0.4, 0.5) is 5.13 Å². The first-order chi connectivity index (χ1) is 12.3. The molecular formula is C16H13Cl2N3O3S2. The number of para-hydroxylation sites is 1. The third-order valence-electron chi connectivity index (χ3n) is 3.44. The number of rotatable bonds is 5. The van der Waals surface area contributed by atoms with E-state index in [1.807, 2.05) is 24.3 Å². The van der Waals surface area contributed by atoms with Crippen LogP contribution in [0.25, 0.3) is 10.2 Å². The molecule has 3 rings (SSSR count). The fourth-order valence-electron chi connectivity index (χ4n) is 2.22. The maximum absolute atomic E-state index is 12.5. The van der Waals surface area contributed by atoms with Gasteiger partial charge in [0.1, 0.15) is 4.90 Å². The smallest absolute Gasteiger partial charge is 0.244 e. The summed E-state index contributed by atoms with van der Waals surface area (Å²) in [6.07, 6.45) is 0. The Balaban J connectivity index is 1.76. The highest BCUT2D eigenvalue weighted by Gasteiger charge is 2.26. The number of fused-ring (bicyclic) bond motifs is 1. The van der Waals surface area contributed by atoms with Crippen LogP contribution in [0.3, 0.4) is 0 Å². The Kier molecular flexibility index (Phi) is 5.50. The molecule has 0 saturated carbocycles. The van der Waals surface area contributed by atoms with Crippen molar-refractivity contribution in [2.24, 2.45) is 0 Å². The average molecular weight is 430 g/mol. The molecular weight excluding hydrogens is 417 g/mol. The summed E-state index contributed by atoms with van der Waals surface area (Å²) in [5.41, 5.74) is 0.754. The number of nitrogens with zero attached hydrogens (tertiary/aromatic N) is 1. The number of hydrogen-bond donors (Lipinski definition) is 2. The maximum Gasteiger partial charge on any atom is 0.244 e. The first-order valence-corrected chi connectivity index (χ1v) is 10.5. The highest BCUT2D eigenvalue weighted by Crippen LogP contribution is 2.29. The van der Waals surface area contributed by atoms with Gasteiger partial charge in [-0.2, -0.15) is 4.72 Å². The molecule has 2 aromatic carbocycles. The fraction of sp³-hybridized carbons (Fsp3) is 0.125. The van der Waals surface area contributed by atoms with Crippen molar-refractivity contribution in [1.29, 1.82) is 0 Å². The van der Waals surface area contributed by atoms with E-state index in [0.29, 0.717) is 5.13 Å². The molecule has 0 bridgehead atoms. The van der Waals surface area contributed by atoms with Crippen molar-refractivity contribution < 1.29 is 13.2 Å². The molecule has 0 saturated heterocycles. The van der Waals surface area contributed by atoms with Crippen LogP contribution in [-0.2, 0) is 14.8 Å². The molecule has 1 atom stereocenters. The molecule has 0 spiro atoms. The Morgan fingerprint density at radius 1 is 1.12 bits per heavy atom. The summed E-state index contributed by atoms with van der Waals surface area (Å²) in [5, 5.41) is 2.95. The van der Waals surface area contributed by atoms with Gasteiger partial charge in [-0.25, -0.2) is 13.4 Å². The van der Waals surface area contributed by atoms with E-state index in [1.165, 1.54) is 36.5 Å². The fourth-order valence-corrected chi connectivity index (χ4v) is 5.44. The number of nitrogens with one attached hydrogen (secondary N) is 2. The van der Waals surface area contributed by atoms with Gasteiger partial charge in [-0.3, -0.25) is 4.79 Å². The highest BCUT2D eigenvalue weighted by molar-refractivity contribution is 7.89. The topological polar surface area (TPSA) is 88.2 Å². The zero-order valence-electron chi connectivity index (χ0n) is 13.4. The number of carbonyl (C=O) groups excluding carboxylic acids is 1. The van der Waals surface area contributed by atoms with Gasteiger partial charge in [-0.05, 0) is 31.2 Å². The molecule has 1 heterocycles. The van der Waals surface area contributed by atoms with Crippen molar-refractivity contribution in [3.63, 3.8) is 0 Å². The SMILES string of the molecule is CC(NS(=O)(=O)c1c(Cl)cccc1Cl)C(=O)Nc1nc2ccccc2s1. The van der Waals surface area contributed by atoms with Gasteiger partial charge in [0.2, 0.25) is 15.9 Å². The summed E-state index contributed by atoms with van der Waals surface area (Å²) < 4.78 is 28.2. The first kappa shape index (κ1) is 19.1. The molecule has 1 aromatic heterocycles. The summed E-state index contributed by atoms with van der Waals surface area (Å²) in [4.78, 5) is 16.4. The normalized spacial score (nSPS) is 12.9. The third-order valence-corrected chi connectivity index (χ3v) is 6.88. The standard InChI is InChI=1S/C16H13Cl2N3O3S2/c1-9(21-26(23,24)14-10(17)5-4-6-11(14)18)15(22)20-16-19-12-7-2-3-8-13(12)25-16/h2-9,21H,1H3,(H,19,20,22). The van der Waals surface area contributed by atoms with Crippen LogP contribution in [0, 0.1) is 0 Å². The van der Waals surface area contributed by atoms with Crippen LogP contribution in [0.2, 0.25) is 10.0 Å². The number of anilines is 1. The second-order valence-electron chi connectivity index (χ2n) is 5.37. The molecule has 0 aliphatic heterocycles. The van der Waals surface area contributed by atoms with E-state index in [-0.39, 0.29) is 14.9 Å². The second-order valence-corrected chi connectivity index (χ2v) is 8.87. The number of aromatic nitrogens is 1. The van der Waals surface area contributed by atoms with Gasteiger partial charge >= 0.3 is 0 Å². The Labute approximate surface area is 164 Å². The second kappa shape index (κ2) is 7.50. The zero-order chi connectivity index (χ0) is 18.9. The summed E-state index contributed by atoms with van der Waals surface area (Å²) in [7, 11) is -4.07. The van der Waals surface area contributed by atoms with Crippen LogP contribution >= 0.6 is 34.5 Å². The van der Waals surface area contributed by atoms with Crippen LogP contribution in [0.1, 0.15) is 6.92 Å². The molecule has 136 valence electrons. The van der Waals surface area contributed by atoms with Gasteiger partial charge < -0.3 is 5.32 Å². The number of carbonyl (C=O) groups is 1.